The molecule has 0 spiro atoms. The summed E-state index contributed by atoms with van der Waals surface area (Å²) in [5.74, 6) is 0.631. The van der Waals surface area contributed by atoms with Crippen molar-refractivity contribution in [3.63, 3.8) is 0 Å². The number of halogens is 3. The summed E-state index contributed by atoms with van der Waals surface area (Å²) in [4.78, 5) is 13.7. The van der Waals surface area contributed by atoms with Gasteiger partial charge in [-0.2, -0.15) is 0 Å². The molecule has 4 nitrogen and oxygen atoms in total. The third-order valence-electron chi connectivity index (χ3n) is 3.27. The number of ether oxygens (including phenoxy) is 1. The van der Waals surface area contributed by atoms with E-state index in [1.165, 1.54) is 0 Å². The smallest absolute Gasteiger partial charge is 0.239 e. The summed E-state index contributed by atoms with van der Waals surface area (Å²) in [7, 11) is 0. The molecule has 1 saturated heterocycles. The molecule has 1 aromatic rings. The van der Waals surface area contributed by atoms with Crippen LogP contribution < -0.4 is 10.5 Å². The highest BCUT2D eigenvalue weighted by Crippen LogP contribution is 2.28. The van der Waals surface area contributed by atoms with Gasteiger partial charge in [0.15, 0.2) is 0 Å². The van der Waals surface area contributed by atoms with E-state index >= 15 is 0 Å². The molecule has 2 rings (SSSR count). The van der Waals surface area contributed by atoms with E-state index in [0.29, 0.717) is 22.3 Å². The van der Waals surface area contributed by atoms with Crippen molar-refractivity contribution in [3.8, 4) is 5.75 Å². The standard InChI is InChI=1S/C14H18Cl2N2O2.ClH/c1-9(17)14(19)18-6-2-3-11(8-18)20-10-4-5-12(15)13(16)7-10;/h4-5,7,9,11H,2-3,6,8,17H2,1H3;1H/t9-,11?;/m1./s1. The van der Waals surface area contributed by atoms with Crippen LogP contribution in [-0.2, 0) is 4.79 Å². The molecule has 0 aliphatic carbocycles. The Morgan fingerprint density at radius 3 is 2.76 bits per heavy atom. The van der Waals surface area contributed by atoms with Crippen LogP contribution in [0.4, 0.5) is 0 Å². The maximum atomic E-state index is 11.9. The minimum absolute atomic E-state index is 0. The number of hydrogen-bond acceptors (Lipinski definition) is 3. The summed E-state index contributed by atoms with van der Waals surface area (Å²) in [5.41, 5.74) is 5.64. The fourth-order valence-corrected chi connectivity index (χ4v) is 2.55. The summed E-state index contributed by atoms with van der Waals surface area (Å²) in [6.07, 6.45) is 1.77. The fraction of sp³-hybridized carbons (Fsp3) is 0.500. The molecule has 1 aliphatic rings. The molecule has 0 radical (unpaired) electrons. The molecule has 1 fully saturated rings. The molecule has 1 aromatic carbocycles. The number of nitrogens with two attached hydrogens (primary N) is 1. The normalized spacial score (nSPS) is 19.6. The van der Waals surface area contributed by atoms with E-state index in [9.17, 15) is 4.79 Å². The molecule has 118 valence electrons. The van der Waals surface area contributed by atoms with Crippen LogP contribution in [0.3, 0.4) is 0 Å². The Balaban J connectivity index is 0.00000220. The third-order valence-corrected chi connectivity index (χ3v) is 4.01. The Morgan fingerprint density at radius 1 is 1.43 bits per heavy atom. The van der Waals surface area contributed by atoms with Crippen LogP contribution >= 0.6 is 35.6 Å². The first-order valence-corrected chi connectivity index (χ1v) is 7.39. The molecule has 7 heteroatoms. The zero-order valence-electron chi connectivity index (χ0n) is 11.7. The topological polar surface area (TPSA) is 55.6 Å². The van der Waals surface area contributed by atoms with E-state index < -0.39 is 6.04 Å². The van der Waals surface area contributed by atoms with Crippen LogP contribution in [0.2, 0.25) is 10.0 Å². The van der Waals surface area contributed by atoms with Crippen molar-refractivity contribution in [1.82, 2.24) is 4.90 Å². The number of benzene rings is 1. The second-order valence-corrected chi connectivity index (χ2v) is 5.85. The van der Waals surface area contributed by atoms with Crippen molar-refractivity contribution in [2.24, 2.45) is 5.73 Å². The molecular formula is C14H19Cl3N2O2. The highest BCUT2D eigenvalue weighted by atomic mass is 35.5. The van der Waals surface area contributed by atoms with Crippen molar-refractivity contribution in [1.29, 1.82) is 0 Å². The lowest BCUT2D eigenvalue weighted by Gasteiger charge is -2.33. The Labute approximate surface area is 140 Å². The first-order valence-electron chi connectivity index (χ1n) is 6.63. The molecule has 0 aromatic heterocycles. The summed E-state index contributed by atoms with van der Waals surface area (Å²) in [6, 6.07) is 4.70. The predicted octanol–water partition coefficient (Wildman–Crippen LogP) is 3.13. The quantitative estimate of drug-likeness (QED) is 0.908. The minimum atomic E-state index is -0.473. The monoisotopic (exact) mass is 352 g/mol. The van der Waals surface area contributed by atoms with Gasteiger partial charge in [-0.15, -0.1) is 12.4 Å². The van der Waals surface area contributed by atoms with Crippen molar-refractivity contribution in [3.05, 3.63) is 28.2 Å². The number of piperidine rings is 1. The fourth-order valence-electron chi connectivity index (χ4n) is 2.27. The number of carbonyl (C=O) groups excluding carboxylic acids is 1. The first kappa shape index (κ1) is 18.4. The number of carbonyl (C=O) groups is 1. The van der Waals surface area contributed by atoms with Gasteiger partial charge in [-0.3, -0.25) is 4.79 Å². The molecular weight excluding hydrogens is 335 g/mol. The van der Waals surface area contributed by atoms with Crippen LogP contribution in [0.15, 0.2) is 18.2 Å². The predicted molar refractivity (Wildman–Crippen MR) is 87.6 cm³/mol. The van der Waals surface area contributed by atoms with E-state index in [-0.39, 0.29) is 24.4 Å². The largest absolute Gasteiger partial charge is 0.489 e. The van der Waals surface area contributed by atoms with E-state index in [1.54, 1.807) is 30.0 Å². The highest BCUT2D eigenvalue weighted by molar-refractivity contribution is 6.42. The number of rotatable bonds is 3. The van der Waals surface area contributed by atoms with Gasteiger partial charge in [0.25, 0.3) is 0 Å². The molecule has 2 N–H and O–H groups in total. The van der Waals surface area contributed by atoms with Gasteiger partial charge in [-0.1, -0.05) is 23.2 Å². The van der Waals surface area contributed by atoms with E-state index in [4.69, 9.17) is 33.7 Å². The van der Waals surface area contributed by atoms with Crippen molar-refractivity contribution >= 4 is 41.5 Å². The van der Waals surface area contributed by atoms with E-state index in [0.717, 1.165) is 19.4 Å². The zero-order chi connectivity index (χ0) is 14.7. The summed E-state index contributed by atoms with van der Waals surface area (Å²) < 4.78 is 5.87. The summed E-state index contributed by atoms with van der Waals surface area (Å²) in [5, 5.41) is 0.958. The molecule has 2 atom stereocenters. The van der Waals surface area contributed by atoms with Crippen LogP contribution in [-0.4, -0.2) is 36.0 Å². The first-order chi connectivity index (χ1) is 9.47. The Bertz CT molecular complexity index is 497. The second kappa shape index (κ2) is 8.08. The van der Waals surface area contributed by atoms with Crippen LogP contribution in [0.25, 0.3) is 0 Å². The molecule has 1 heterocycles. The zero-order valence-corrected chi connectivity index (χ0v) is 14.0. The Hall–Kier alpha value is -0.680. The van der Waals surface area contributed by atoms with Crippen LogP contribution in [0, 0.1) is 0 Å². The molecule has 0 bridgehead atoms. The van der Waals surface area contributed by atoms with Gasteiger partial charge >= 0.3 is 0 Å². The number of likely N-dealkylation sites (tertiary alicyclic amines) is 1. The highest BCUT2D eigenvalue weighted by Gasteiger charge is 2.26. The molecule has 0 saturated carbocycles. The van der Waals surface area contributed by atoms with Gasteiger partial charge in [0.1, 0.15) is 11.9 Å². The van der Waals surface area contributed by atoms with E-state index in [1.807, 2.05) is 0 Å². The Morgan fingerprint density at radius 2 is 2.14 bits per heavy atom. The lowest BCUT2D eigenvalue weighted by Crippen LogP contribution is -2.49. The SMILES string of the molecule is C[C@@H](N)C(=O)N1CCCC(Oc2ccc(Cl)c(Cl)c2)C1.Cl. The van der Waals surface area contributed by atoms with Crippen LogP contribution in [0.1, 0.15) is 19.8 Å². The lowest BCUT2D eigenvalue weighted by molar-refractivity contribution is -0.134. The summed E-state index contributed by atoms with van der Waals surface area (Å²) in [6.45, 7) is 2.99. The molecule has 1 unspecified atom stereocenters. The Kier molecular flexibility index (Phi) is 7.07. The molecule has 1 aliphatic heterocycles. The minimum Gasteiger partial charge on any atom is -0.489 e. The van der Waals surface area contributed by atoms with E-state index in [2.05, 4.69) is 0 Å². The average molecular weight is 354 g/mol. The maximum absolute atomic E-state index is 11.9. The van der Waals surface area contributed by atoms with Crippen LogP contribution in [0.5, 0.6) is 5.75 Å². The van der Waals surface area contributed by atoms with Crippen molar-refractivity contribution < 1.29 is 9.53 Å². The lowest BCUT2D eigenvalue weighted by atomic mass is 10.1. The van der Waals surface area contributed by atoms with Gasteiger partial charge in [-0.25, -0.2) is 0 Å². The van der Waals surface area contributed by atoms with Gasteiger partial charge < -0.3 is 15.4 Å². The van der Waals surface area contributed by atoms with Crippen molar-refractivity contribution in [2.75, 3.05) is 13.1 Å². The number of hydrogen-bond donors (Lipinski definition) is 1. The number of nitrogens with zero attached hydrogens (tertiary/aromatic N) is 1. The van der Waals surface area contributed by atoms with Crippen molar-refractivity contribution in [2.45, 2.75) is 31.9 Å². The molecule has 1 amide bonds. The second-order valence-electron chi connectivity index (χ2n) is 5.03. The summed E-state index contributed by atoms with van der Waals surface area (Å²) >= 11 is 11.8. The van der Waals surface area contributed by atoms with Gasteiger partial charge in [0, 0.05) is 12.6 Å². The molecule has 21 heavy (non-hydrogen) atoms. The number of amides is 1. The third kappa shape index (κ3) is 4.92. The van der Waals surface area contributed by atoms with Gasteiger partial charge in [-0.05, 0) is 31.9 Å². The van der Waals surface area contributed by atoms with Gasteiger partial charge in [0.2, 0.25) is 5.91 Å². The average Bonchev–Trinajstić information content (AvgIpc) is 2.42. The maximum Gasteiger partial charge on any atom is 0.239 e. The van der Waals surface area contributed by atoms with Gasteiger partial charge in [0.05, 0.1) is 22.6 Å².